The molecule has 2 aromatic rings. The van der Waals surface area contributed by atoms with E-state index in [0.29, 0.717) is 11.1 Å². The van der Waals surface area contributed by atoms with Crippen molar-refractivity contribution in [3.63, 3.8) is 0 Å². The Hall–Kier alpha value is -2.68. The predicted octanol–water partition coefficient (Wildman–Crippen LogP) is 0.596. The van der Waals surface area contributed by atoms with Crippen LogP contribution in [0.5, 0.6) is 0 Å². The Morgan fingerprint density at radius 1 is 1.33 bits per heavy atom. The Bertz CT molecular complexity index is 740. The van der Waals surface area contributed by atoms with Crippen LogP contribution in [0.4, 0.5) is 4.39 Å². The van der Waals surface area contributed by atoms with Crippen molar-refractivity contribution in [2.75, 3.05) is 0 Å². The fourth-order valence-electron chi connectivity index (χ4n) is 1.55. The first-order valence-corrected chi connectivity index (χ1v) is 5.09. The van der Waals surface area contributed by atoms with Crippen molar-refractivity contribution < 1.29 is 4.39 Å². The topological polar surface area (TPSA) is 78.7 Å². The van der Waals surface area contributed by atoms with Crippen molar-refractivity contribution in [3.8, 4) is 6.07 Å². The number of halogens is 1. The summed E-state index contributed by atoms with van der Waals surface area (Å²) < 4.78 is 14.1. The van der Waals surface area contributed by atoms with Crippen LogP contribution in [0.3, 0.4) is 0 Å². The molecule has 18 heavy (non-hydrogen) atoms. The van der Waals surface area contributed by atoms with E-state index in [9.17, 15) is 14.0 Å². The highest BCUT2D eigenvalue weighted by Gasteiger charge is 2.06. The lowest BCUT2D eigenvalue weighted by Crippen LogP contribution is -2.31. The van der Waals surface area contributed by atoms with E-state index >= 15 is 0 Å². The SMILES string of the molecule is N#Cc1ccccc1Cn1cc(F)c(=O)[nH]c1=O. The van der Waals surface area contributed by atoms with E-state index in [2.05, 4.69) is 0 Å². The van der Waals surface area contributed by atoms with Gasteiger partial charge in [-0.1, -0.05) is 18.2 Å². The van der Waals surface area contributed by atoms with Gasteiger partial charge in [-0.05, 0) is 11.6 Å². The van der Waals surface area contributed by atoms with Gasteiger partial charge in [-0.25, -0.2) is 4.79 Å². The van der Waals surface area contributed by atoms with Gasteiger partial charge in [0.25, 0.3) is 5.56 Å². The minimum atomic E-state index is -1.05. The first kappa shape index (κ1) is 11.8. The van der Waals surface area contributed by atoms with Crippen LogP contribution < -0.4 is 11.2 Å². The van der Waals surface area contributed by atoms with Crippen molar-refractivity contribution >= 4 is 0 Å². The summed E-state index contributed by atoms with van der Waals surface area (Å²) in [6.45, 7) is 0.0241. The summed E-state index contributed by atoms with van der Waals surface area (Å²) >= 11 is 0. The first-order valence-electron chi connectivity index (χ1n) is 5.09. The molecule has 5 nitrogen and oxygen atoms in total. The Morgan fingerprint density at radius 3 is 2.78 bits per heavy atom. The fraction of sp³-hybridized carbons (Fsp3) is 0.0833. The van der Waals surface area contributed by atoms with E-state index in [4.69, 9.17) is 5.26 Å². The van der Waals surface area contributed by atoms with Gasteiger partial charge < -0.3 is 0 Å². The highest BCUT2D eigenvalue weighted by molar-refractivity contribution is 5.37. The third-order valence-electron chi connectivity index (χ3n) is 2.45. The summed E-state index contributed by atoms with van der Waals surface area (Å²) in [4.78, 5) is 24.2. The number of rotatable bonds is 2. The summed E-state index contributed by atoms with van der Waals surface area (Å²) in [7, 11) is 0. The molecule has 0 aliphatic heterocycles. The second-order valence-electron chi connectivity index (χ2n) is 3.63. The molecule has 1 aromatic carbocycles. The van der Waals surface area contributed by atoms with Crippen molar-refractivity contribution in [2.45, 2.75) is 6.54 Å². The number of aromatic amines is 1. The largest absolute Gasteiger partial charge is 0.328 e. The number of nitrogens with zero attached hydrogens (tertiary/aromatic N) is 2. The average Bonchev–Trinajstić information content (AvgIpc) is 2.36. The zero-order chi connectivity index (χ0) is 13.1. The van der Waals surface area contributed by atoms with E-state index in [0.717, 1.165) is 10.8 Å². The Kier molecular flexibility index (Phi) is 3.06. The second kappa shape index (κ2) is 4.67. The van der Waals surface area contributed by atoms with E-state index in [-0.39, 0.29) is 6.54 Å². The smallest absolute Gasteiger partial charge is 0.293 e. The maximum absolute atomic E-state index is 13.1. The maximum atomic E-state index is 13.1. The molecule has 0 radical (unpaired) electrons. The second-order valence-corrected chi connectivity index (χ2v) is 3.63. The standard InChI is InChI=1S/C12H8FN3O2/c13-10-7-16(12(18)15-11(10)17)6-9-4-2-1-3-8(9)5-14/h1-4,7H,6H2,(H,15,17,18). The molecule has 1 heterocycles. The molecule has 0 saturated carbocycles. The highest BCUT2D eigenvalue weighted by Crippen LogP contribution is 2.08. The Balaban J connectivity index is 2.47. The maximum Gasteiger partial charge on any atom is 0.328 e. The molecule has 0 atom stereocenters. The van der Waals surface area contributed by atoms with E-state index < -0.39 is 17.1 Å². The van der Waals surface area contributed by atoms with Crippen molar-refractivity contribution in [3.05, 3.63) is 68.2 Å². The van der Waals surface area contributed by atoms with Crippen LogP contribution in [-0.4, -0.2) is 9.55 Å². The van der Waals surface area contributed by atoms with Crippen LogP contribution >= 0.6 is 0 Å². The number of hydrogen-bond donors (Lipinski definition) is 1. The van der Waals surface area contributed by atoms with Crippen LogP contribution in [0.15, 0.2) is 40.1 Å². The average molecular weight is 245 g/mol. The minimum absolute atomic E-state index is 0.0241. The minimum Gasteiger partial charge on any atom is -0.293 e. The molecule has 0 saturated heterocycles. The third kappa shape index (κ3) is 2.20. The zero-order valence-corrected chi connectivity index (χ0v) is 9.18. The molecule has 0 fully saturated rings. The van der Waals surface area contributed by atoms with Gasteiger partial charge in [-0.3, -0.25) is 14.3 Å². The summed E-state index contributed by atoms with van der Waals surface area (Å²) in [6, 6.07) is 8.64. The monoisotopic (exact) mass is 245 g/mol. The van der Waals surface area contributed by atoms with Crippen LogP contribution in [0, 0.1) is 17.1 Å². The molecule has 2 rings (SSSR count). The molecule has 1 N–H and O–H groups in total. The molecule has 0 spiro atoms. The number of hydrogen-bond acceptors (Lipinski definition) is 3. The van der Waals surface area contributed by atoms with Gasteiger partial charge in [0.2, 0.25) is 5.82 Å². The molecule has 90 valence electrons. The molecular weight excluding hydrogens is 237 g/mol. The summed E-state index contributed by atoms with van der Waals surface area (Å²) in [5.74, 6) is -1.04. The van der Waals surface area contributed by atoms with Crippen LogP contribution in [0.2, 0.25) is 0 Å². The van der Waals surface area contributed by atoms with Crippen molar-refractivity contribution in [1.29, 1.82) is 5.26 Å². The van der Waals surface area contributed by atoms with Gasteiger partial charge in [0.1, 0.15) is 0 Å². The molecule has 0 bridgehead atoms. The lowest BCUT2D eigenvalue weighted by Gasteiger charge is -2.06. The van der Waals surface area contributed by atoms with E-state index in [1.807, 2.05) is 11.1 Å². The highest BCUT2D eigenvalue weighted by atomic mass is 19.1. The van der Waals surface area contributed by atoms with Gasteiger partial charge in [0.15, 0.2) is 0 Å². The number of benzene rings is 1. The van der Waals surface area contributed by atoms with Crippen LogP contribution in [-0.2, 0) is 6.54 Å². The molecule has 0 aliphatic rings. The molecule has 0 unspecified atom stereocenters. The lowest BCUT2D eigenvalue weighted by molar-refractivity contribution is 0.566. The molecule has 6 heteroatoms. The Morgan fingerprint density at radius 2 is 2.06 bits per heavy atom. The predicted molar refractivity (Wildman–Crippen MR) is 61.5 cm³/mol. The van der Waals surface area contributed by atoms with E-state index in [1.54, 1.807) is 24.3 Å². The molecule has 1 aromatic heterocycles. The van der Waals surface area contributed by atoms with Gasteiger partial charge in [-0.2, -0.15) is 9.65 Å². The third-order valence-corrected chi connectivity index (χ3v) is 2.45. The summed E-state index contributed by atoms with van der Waals surface area (Å²) in [6.07, 6.45) is 0.829. The molecule has 0 amide bonds. The molecule has 0 aliphatic carbocycles. The zero-order valence-electron chi connectivity index (χ0n) is 9.18. The number of nitrogens with one attached hydrogen (secondary N) is 1. The van der Waals surface area contributed by atoms with Crippen LogP contribution in [0.25, 0.3) is 0 Å². The normalized spacial score (nSPS) is 10.0. The summed E-state index contributed by atoms with van der Waals surface area (Å²) in [5.41, 5.74) is -0.788. The van der Waals surface area contributed by atoms with E-state index in [1.165, 1.54) is 0 Å². The fourth-order valence-corrected chi connectivity index (χ4v) is 1.55. The van der Waals surface area contributed by atoms with Gasteiger partial charge in [-0.15, -0.1) is 0 Å². The number of aromatic nitrogens is 2. The molecular formula is C12H8FN3O2. The number of H-pyrrole nitrogens is 1. The van der Waals surface area contributed by atoms with Crippen LogP contribution in [0.1, 0.15) is 11.1 Å². The van der Waals surface area contributed by atoms with Gasteiger partial charge in [0, 0.05) is 0 Å². The summed E-state index contributed by atoms with van der Waals surface area (Å²) in [5, 5.41) is 8.90. The van der Waals surface area contributed by atoms with Gasteiger partial charge in [0.05, 0.1) is 24.4 Å². The number of nitriles is 1. The van der Waals surface area contributed by atoms with Gasteiger partial charge >= 0.3 is 5.69 Å². The lowest BCUT2D eigenvalue weighted by atomic mass is 10.1. The Labute approximate surface area is 101 Å². The van der Waals surface area contributed by atoms with Crippen molar-refractivity contribution in [1.82, 2.24) is 9.55 Å². The first-order chi connectivity index (χ1) is 8.61. The van der Waals surface area contributed by atoms with Crippen molar-refractivity contribution in [2.24, 2.45) is 0 Å². The quantitative estimate of drug-likeness (QED) is 0.841.